The Labute approximate surface area is 122 Å². The summed E-state index contributed by atoms with van der Waals surface area (Å²) in [5.41, 5.74) is 2.60. The molecule has 1 aliphatic heterocycles. The van der Waals surface area contributed by atoms with Crippen molar-refractivity contribution in [2.45, 2.75) is 13.2 Å². The molecule has 0 bridgehead atoms. The van der Waals surface area contributed by atoms with Crippen LogP contribution >= 0.6 is 0 Å². The van der Waals surface area contributed by atoms with Crippen LogP contribution in [0.3, 0.4) is 0 Å². The van der Waals surface area contributed by atoms with Crippen LogP contribution in [0.5, 0.6) is 0 Å². The second-order valence-corrected chi connectivity index (χ2v) is 5.58. The van der Waals surface area contributed by atoms with Gasteiger partial charge in [0, 0.05) is 52.9 Å². The lowest BCUT2D eigenvalue weighted by Crippen LogP contribution is -2.45. The summed E-state index contributed by atoms with van der Waals surface area (Å²) in [6.45, 7) is 8.62. The quantitative estimate of drug-likeness (QED) is 0.810. The van der Waals surface area contributed by atoms with E-state index in [1.165, 1.54) is 30.8 Å². The minimum absolute atomic E-state index is 0.694. The van der Waals surface area contributed by atoms with Gasteiger partial charge in [-0.2, -0.15) is 0 Å². The maximum atomic E-state index is 5.13. The summed E-state index contributed by atoms with van der Waals surface area (Å²) in [6, 6.07) is 8.72. The molecule has 1 aliphatic rings. The highest BCUT2D eigenvalue weighted by Gasteiger charge is 2.10. The lowest BCUT2D eigenvalue weighted by atomic mass is 10.1. The van der Waals surface area contributed by atoms with Gasteiger partial charge >= 0.3 is 0 Å². The molecule has 2 rings (SSSR count). The number of nitrogens with one attached hydrogen (secondary N) is 1. The molecule has 0 aliphatic carbocycles. The number of hydrogen-bond acceptors (Lipinski definition) is 4. The number of piperazine rings is 1. The van der Waals surface area contributed by atoms with Crippen molar-refractivity contribution in [3.05, 3.63) is 35.4 Å². The fourth-order valence-electron chi connectivity index (χ4n) is 2.55. The number of benzene rings is 1. The zero-order chi connectivity index (χ0) is 14.2. The molecule has 0 atom stereocenters. The maximum absolute atomic E-state index is 5.13. The van der Waals surface area contributed by atoms with Crippen LogP contribution in [0.1, 0.15) is 11.1 Å². The van der Waals surface area contributed by atoms with Crippen molar-refractivity contribution in [2.75, 3.05) is 53.4 Å². The van der Waals surface area contributed by atoms with Crippen molar-refractivity contribution in [1.29, 1.82) is 0 Å². The van der Waals surface area contributed by atoms with Crippen molar-refractivity contribution in [2.24, 2.45) is 0 Å². The second kappa shape index (κ2) is 8.37. The number of nitrogens with zero attached hydrogens (tertiary/aromatic N) is 2. The maximum Gasteiger partial charge on any atom is 0.0713 e. The van der Waals surface area contributed by atoms with Crippen LogP contribution in [0.25, 0.3) is 0 Å². The van der Waals surface area contributed by atoms with E-state index >= 15 is 0 Å². The van der Waals surface area contributed by atoms with E-state index in [1.807, 2.05) is 0 Å². The van der Waals surface area contributed by atoms with E-state index in [-0.39, 0.29) is 0 Å². The predicted molar refractivity (Wildman–Crippen MR) is 82.8 cm³/mol. The molecule has 0 unspecified atom stereocenters. The minimum Gasteiger partial charge on any atom is -0.380 e. The number of methoxy groups -OCH3 is 1. The van der Waals surface area contributed by atoms with Gasteiger partial charge in [0.25, 0.3) is 0 Å². The summed E-state index contributed by atoms with van der Waals surface area (Å²) in [6.07, 6.45) is 0. The van der Waals surface area contributed by atoms with Crippen LogP contribution in [0.2, 0.25) is 0 Å². The third-order valence-corrected chi connectivity index (χ3v) is 3.79. The van der Waals surface area contributed by atoms with Crippen LogP contribution in [0.4, 0.5) is 0 Å². The fourth-order valence-corrected chi connectivity index (χ4v) is 2.55. The van der Waals surface area contributed by atoms with Crippen LogP contribution < -0.4 is 5.32 Å². The molecule has 0 amide bonds. The third-order valence-electron chi connectivity index (χ3n) is 3.79. The third kappa shape index (κ3) is 5.21. The van der Waals surface area contributed by atoms with Crippen LogP contribution in [-0.2, 0) is 17.9 Å². The molecule has 0 aromatic heterocycles. The summed E-state index contributed by atoms with van der Waals surface area (Å²) in [5.74, 6) is 0. The smallest absolute Gasteiger partial charge is 0.0713 e. The Morgan fingerprint density at radius 1 is 1.15 bits per heavy atom. The molecule has 1 fully saturated rings. The predicted octanol–water partition coefficient (Wildman–Crippen LogP) is 1.17. The molecule has 0 spiro atoms. The van der Waals surface area contributed by atoms with Gasteiger partial charge in [0.05, 0.1) is 6.61 Å². The first-order valence-corrected chi connectivity index (χ1v) is 7.46. The molecule has 0 saturated carbocycles. The summed E-state index contributed by atoms with van der Waals surface area (Å²) in [5, 5.41) is 3.39. The molecule has 0 radical (unpaired) electrons. The average molecular weight is 277 g/mol. The Morgan fingerprint density at radius 3 is 2.45 bits per heavy atom. The van der Waals surface area contributed by atoms with E-state index in [4.69, 9.17) is 4.74 Å². The Kier molecular flexibility index (Phi) is 6.47. The summed E-state index contributed by atoms with van der Waals surface area (Å²) in [4.78, 5) is 4.93. The molecule has 1 heterocycles. The number of rotatable bonds is 7. The monoisotopic (exact) mass is 277 g/mol. The van der Waals surface area contributed by atoms with Gasteiger partial charge in [-0.25, -0.2) is 0 Å². The molecular weight excluding hydrogens is 250 g/mol. The second-order valence-electron chi connectivity index (χ2n) is 5.58. The van der Waals surface area contributed by atoms with Crippen LogP contribution in [-0.4, -0.2) is 63.2 Å². The lowest BCUT2D eigenvalue weighted by Gasteiger charge is -2.29. The normalized spacial score (nSPS) is 16.8. The molecule has 1 N–H and O–H groups in total. The van der Waals surface area contributed by atoms with E-state index in [9.17, 15) is 0 Å². The van der Waals surface area contributed by atoms with E-state index in [2.05, 4.69) is 46.4 Å². The lowest BCUT2D eigenvalue weighted by molar-refractivity contribution is 0.185. The molecule has 1 aromatic rings. The number of ether oxygens (including phenoxy) is 1. The highest BCUT2D eigenvalue weighted by atomic mass is 16.5. The Bertz CT molecular complexity index is 374. The Balaban J connectivity index is 1.71. The zero-order valence-corrected chi connectivity index (χ0v) is 12.8. The molecule has 1 saturated heterocycles. The van der Waals surface area contributed by atoms with Gasteiger partial charge in [0.15, 0.2) is 0 Å². The van der Waals surface area contributed by atoms with Crippen molar-refractivity contribution >= 4 is 0 Å². The van der Waals surface area contributed by atoms with Crippen molar-refractivity contribution < 1.29 is 4.74 Å². The van der Waals surface area contributed by atoms with Gasteiger partial charge in [-0.05, 0) is 18.2 Å². The van der Waals surface area contributed by atoms with Crippen molar-refractivity contribution in [1.82, 2.24) is 15.1 Å². The first kappa shape index (κ1) is 15.4. The minimum atomic E-state index is 0.694. The van der Waals surface area contributed by atoms with Gasteiger partial charge in [-0.15, -0.1) is 0 Å². The fraction of sp³-hybridized carbons (Fsp3) is 0.625. The summed E-state index contributed by atoms with van der Waals surface area (Å²) in [7, 11) is 3.93. The summed E-state index contributed by atoms with van der Waals surface area (Å²) < 4.78 is 5.13. The number of likely N-dealkylation sites (N-methyl/N-ethyl adjacent to an activating group) is 1. The first-order chi connectivity index (χ1) is 9.78. The summed E-state index contributed by atoms with van der Waals surface area (Å²) >= 11 is 0. The van der Waals surface area contributed by atoms with E-state index in [0.717, 1.165) is 26.2 Å². The van der Waals surface area contributed by atoms with E-state index < -0.39 is 0 Å². The van der Waals surface area contributed by atoms with Gasteiger partial charge in [-0.3, -0.25) is 4.90 Å². The van der Waals surface area contributed by atoms with Crippen LogP contribution in [0.15, 0.2) is 24.3 Å². The van der Waals surface area contributed by atoms with Gasteiger partial charge in [-0.1, -0.05) is 24.3 Å². The standard InChI is InChI=1S/C16H27N3O/c1-18(11-12-19-9-7-17-8-10-19)13-15-3-5-16(6-4-15)14-20-2/h3-6,17H,7-14H2,1-2H3. The highest BCUT2D eigenvalue weighted by Crippen LogP contribution is 2.07. The molecule has 112 valence electrons. The Morgan fingerprint density at radius 2 is 1.80 bits per heavy atom. The number of hydrogen-bond donors (Lipinski definition) is 1. The van der Waals surface area contributed by atoms with E-state index in [1.54, 1.807) is 7.11 Å². The van der Waals surface area contributed by atoms with E-state index in [0.29, 0.717) is 6.61 Å². The van der Waals surface area contributed by atoms with Crippen molar-refractivity contribution in [3.63, 3.8) is 0 Å². The van der Waals surface area contributed by atoms with Gasteiger partial charge in [0.1, 0.15) is 0 Å². The van der Waals surface area contributed by atoms with Gasteiger partial charge in [0.2, 0.25) is 0 Å². The van der Waals surface area contributed by atoms with Crippen LogP contribution in [0, 0.1) is 0 Å². The first-order valence-electron chi connectivity index (χ1n) is 7.46. The molecule has 4 nitrogen and oxygen atoms in total. The Hall–Kier alpha value is -0.940. The molecule has 1 aromatic carbocycles. The zero-order valence-electron chi connectivity index (χ0n) is 12.8. The topological polar surface area (TPSA) is 27.7 Å². The van der Waals surface area contributed by atoms with Crippen molar-refractivity contribution in [3.8, 4) is 0 Å². The average Bonchev–Trinajstić information content (AvgIpc) is 2.49. The largest absolute Gasteiger partial charge is 0.380 e. The molecular formula is C16H27N3O. The SMILES string of the molecule is COCc1ccc(CN(C)CCN2CCNCC2)cc1. The molecule has 20 heavy (non-hydrogen) atoms. The molecule has 4 heteroatoms. The van der Waals surface area contributed by atoms with Gasteiger partial charge < -0.3 is 15.0 Å². The highest BCUT2D eigenvalue weighted by molar-refractivity contribution is 5.21.